The quantitative estimate of drug-likeness (QED) is 0.400. The molecule has 0 bridgehead atoms. The maximum Gasteiger partial charge on any atom is 0.285 e. The maximum atomic E-state index is 13.8. The van der Waals surface area contributed by atoms with Crippen molar-refractivity contribution in [3.63, 3.8) is 0 Å². The third kappa shape index (κ3) is 3.43. The van der Waals surface area contributed by atoms with Gasteiger partial charge in [0, 0.05) is 17.9 Å². The Labute approximate surface area is 203 Å². The van der Waals surface area contributed by atoms with E-state index >= 15 is 0 Å². The standard InChI is InChI=1S/C25H20ClN7O2/c26-16-9-4-6-14-12-18(33(24(35)19(14)16)15-7-2-1-3-8-15)17-10-5-11-32(17)22-20-21(30-25(27)31-22)28-13-29-23(20)34/h1-4,6-9,12-13,17H,5,10-11H2,(H3,27,28,29,30,31,34). The first-order valence-electron chi connectivity index (χ1n) is 11.2. The molecule has 4 heterocycles. The van der Waals surface area contributed by atoms with Crippen LogP contribution >= 0.6 is 11.6 Å². The highest BCUT2D eigenvalue weighted by molar-refractivity contribution is 6.35. The molecule has 174 valence electrons. The minimum atomic E-state index is -0.440. The number of hydrogen-bond donors (Lipinski definition) is 2. The molecule has 35 heavy (non-hydrogen) atoms. The second-order valence-electron chi connectivity index (χ2n) is 8.44. The van der Waals surface area contributed by atoms with Crippen molar-refractivity contribution in [2.45, 2.75) is 18.9 Å². The molecule has 1 aliphatic heterocycles. The van der Waals surface area contributed by atoms with E-state index in [1.54, 1.807) is 10.6 Å². The average Bonchev–Trinajstić information content (AvgIpc) is 3.33. The summed E-state index contributed by atoms with van der Waals surface area (Å²) in [4.78, 5) is 43.9. The highest BCUT2D eigenvalue weighted by atomic mass is 35.5. The van der Waals surface area contributed by atoms with Crippen LogP contribution in [0.4, 0.5) is 11.8 Å². The monoisotopic (exact) mass is 485 g/mol. The molecule has 0 saturated carbocycles. The zero-order valence-electron chi connectivity index (χ0n) is 18.5. The largest absolute Gasteiger partial charge is 0.368 e. The number of benzene rings is 2. The molecule has 1 fully saturated rings. The lowest BCUT2D eigenvalue weighted by molar-refractivity contribution is 0.662. The molecule has 0 radical (unpaired) electrons. The maximum absolute atomic E-state index is 13.8. The van der Waals surface area contributed by atoms with Crippen LogP contribution in [0.15, 0.2) is 70.5 Å². The first kappa shape index (κ1) is 21.3. The van der Waals surface area contributed by atoms with E-state index in [-0.39, 0.29) is 22.9 Å². The summed E-state index contributed by atoms with van der Waals surface area (Å²) in [6, 6.07) is 16.6. The molecule has 0 amide bonds. The second kappa shape index (κ2) is 8.21. The van der Waals surface area contributed by atoms with Crippen LogP contribution < -0.4 is 21.8 Å². The highest BCUT2D eigenvalue weighted by Gasteiger charge is 2.33. The van der Waals surface area contributed by atoms with Gasteiger partial charge >= 0.3 is 0 Å². The highest BCUT2D eigenvalue weighted by Crippen LogP contribution is 2.38. The van der Waals surface area contributed by atoms with Gasteiger partial charge in [0.25, 0.3) is 11.1 Å². The van der Waals surface area contributed by atoms with Gasteiger partial charge in [-0.05, 0) is 42.5 Å². The molecular formula is C25H20ClN7O2. The second-order valence-corrected chi connectivity index (χ2v) is 8.84. The van der Waals surface area contributed by atoms with Crippen molar-refractivity contribution in [3.05, 3.63) is 92.3 Å². The van der Waals surface area contributed by atoms with Crippen molar-refractivity contribution in [2.24, 2.45) is 0 Å². The number of anilines is 2. The number of nitrogen functional groups attached to an aromatic ring is 1. The van der Waals surface area contributed by atoms with E-state index in [0.29, 0.717) is 28.4 Å². The number of para-hydroxylation sites is 1. The number of nitrogens with zero attached hydrogens (tertiary/aromatic N) is 5. The van der Waals surface area contributed by atoms with Gasteiger partial charge in [0.1, 0.15) is 11.2 Å². The molecule has 2 aromatic carbocycles. The third-order valence-electron chi connectivity index (χ3n) is 6.41. The van der Waals surface area contributed by atoms with E-state index in [9.17, 15) is 9.59 Å². The van der Waals surface area contributed by atoms with Crippen molar-refractivity contribution < 1.29 is 0 Å². The first-order valence-corrected chi connectivity index (χ1v) is 11.6. The molecule has 1 aliphatic rings. The molecule has 1 saturated heterocycles. The molecule has 1 unspecified atom stereocenters. The lowest BCUT2D eigenvalue weighted by atomic mass is 10.0. The summed E-state index contributed by atoms with van der Waals surface area (Å²) in [7, 11) is 0. The van der Waals surface area contributed by atoms with E-state index < -0.39 is 5.56 Å². The molecule has 3 N–H and O–H groups in total. The average molecular weight is 486 g/mol. The number of nitrogens with two attached hydrogens (primary N) is 1. The summed E-state index contributed by atoms with van der Waals surface area (Å²) >= 11 is 6.46. The van der Waals surface area contributed by atoms with E-state index in [1.807, 2.05) is 53.4 Å². The van der Waals surface area contributed by atoms with Crippen molar-refractivity contribution in [1.29, 1.82) is 0 Å². The summed E-state index contributed by atoms with van der Waals surface area (Å²) in [5, 5.41) is 1.89. The van der Waals surface area contributed by atoms with Gasteiger partial charge < -0.3 is 15.6 Å². The van der Waals surface area contributed by atoms with Crippen molar-refractivity contribution in [1.82, 2.24) is 24.5 Å². The molecule has 10 heteroatoms. The smallest absolute Gasteiger partial charge is 0.285 e. The van der Waals surface area contributed by atoms with Gasteiger partial charge in [0.15, 0.2) is 5.65 Å². The van der Waals surface area contributed by atoms with Crippen molar-refractivity contribution in [2.75, 3.05) is 17.2 Å². The molecule has 1 atom stereocenters. The van der Waals surface area contributed by atoms with Crippen LogP contribution in [0.3, 0.4) is 0 Å². The summed E-state index contributed by atoms with van der Waals surface area (Å²) in [6.45, 7) is 0.626. The predicted octanol–water partition coefficient (Wildman–Crippen LogP) is 3.59. The van der Waals surface area contributed by atoms with Gasteiger partial charge in [0.05, 0.1) is 22.8 Å². The van der Waals surface area contributed by atoms with E-state index in [4.69, 9.17) is 17.3 Å². The van der Waals surface area contributed by atoms with Crippen molar-refractivity contribution >= 4 is 45.2 Å². The van der Waals surface area contributed by atoms with Gasteiger partial charge in [-0.1, -0.05) is 41.9 Å². The Morgan fingerprint density at radius 1 is 1.03 bits per heavy atom. The Bertz CT molecular complexity index is 1720. The number of aromatic amines is 1. The number of fused-ring (bicyclic) bond motifs is 2. The SMILES string of the molecule is Nc1nc(N2CCCC2c2cc3cccc(Cl)c3c(=O)n2-c2ccccc2)c2c(=O)nc[nH]c2n1. The van der Waals surface area contributed by atoms with Crippen LogP contribution in [0.2, 0.25) is 5.02 Å². The molecule has 0 spiro atoms. The number of aromatic nitrogens is 5. The van der Waals surface area contributed by atoms with E-state index in [2.05, 4.69) is 19.9 Å². The van der Waals surface area contributed by atoms with Gasteiger partial charge in [-0.15, -0.1) is 0 Å². The first-order chi connectivity index (χ1) is 17.0. The third-order valence-corrected chi connectivity index (χ3v) is 6.72. The molecule has 6 rings (SSSR count). The minimum Gasteiger partial charge on any atom is -0.368 e. The summed E-state index contributed by atoms with van der Waals surface area (Å²) < 4.78 is 1.70. The zero-order valence-corrected chi connectivity index (χ0v) is 19.2. The molecule has 3 aromatic heterocycles. The van der Waals surface area contributed by atoms with Crippen molar-refractivity contribution in [3.8, 4) is 5.69 Å². The van der Waals surface area contributed by atoms with Crippen LogP contribution in [0.5, 0.6) is 0 Å². The molecular weight excluding hydrogens is 466 g/mol. The van der Waals surface area contributed by atoms with Gasteiger partial charge in [-0.3, -0.25) is 14.2 Å². The number of H-pyrrole nitrogens is 1. The molecule has 9 nitrogen and oxygen atoms in total. The predicted molar refractivity (Wildman–Crippen MR) is 136 cm³/mol. The number of hydrogen-bond acceptors (Lipinski definition) is 7. The number of halogens is 1. The lowest BCUT2D eigenvalue weighted by Gasteiger charge is -2.29. The summed E-state index contributed by atoms with van der Waals surface area (Å²) in [5.41, 5.74) is 7.19. The Morgan fingerprint density at radius 3 is 2.69 bits per heavy atom. The number of nitrogens with one attached hydrogen (secondary N) is 1. The van der Waals surface area contributed by atoms with Gasteiger partial charge in [-0.2, -0.15) is 15.0 Å². The fraction of sp³-hybridized carbons (Fsp3) is 0.160. The zero-order chi connectivity index (χ0) is 24.1. The lowest BCUT2D eigenvalue weighted by Crippen LogP contribution is -2.31. The Kier molecular flexibility index (Phi) is 5.00. The van der Waals surface area contributed by atoms with Crippen LogP contribution in [0.1, 0.15) is 24.6 Å². The molecule has 0 aliphatic carbocycles. The summed E-state index contributed by atoms with van der Waals surface area (Å²) in [5.74, 6) is 0.452. The Hall–Kier alpha value is -4.24. The van der Waals surface area contributed by atoms with Gasteiger partial charge in [0.2, 0.25) is 5.95 Å². The topological polar surface area (TPSA) is 123 Å². The van der Waals surface area contributed by atoms with Crippen LogP contribution in [-0.4, -0.2) is 31.0 Å². The summed E-state index contributed by atoms with van der Waals surface area (Å²) in [6.07, 6.45) is 2.88. The van der Waals surface area contributed by atoms with E-state index in [0.717, 1.165) is 29.6 Å². The minimum absolute atomic E-state index is 0.0470. The Morgan fingerprint density at radius 2 is 1.86 bits per heavy atom. The number of rotatable bonds is 3. The fourth-order valence-electron chi connectivity index (χ4n) is 4.95. The van der Waals surface area contributed by atoms with Gasteiger partial charge in [-0.25, -0.2) is 0 Å². The van der Waals surface area contributed by atoms with E-state index in [1.165, 1.54) is 6.33 Å². The Balaban J connectivity index is 1.64. The normalized spacial score (nSPS) is 15.8. The number of pyridine rings is 1. The van der Waals surface area contributed by atoms with Crippen LogP contribution in [0.25, 0.3) is 27.5 Å². The fourth-order valence-corrected chi connectivity index (χ4v) is 5.21. The van der Waals surface area contributed by atoms with Crippen LogP contribution in [0, 0.1) is 0 Å². The molecule has 5 aromatic rings. The van der Waals surface area contributed by atoms with Crippen LogP contribution in [-0.2, 0) is 0 Å².